The van der Waals surface area contributed by atoms with Crippen LogP contribution in [0, 0.1) is 0 Å². The molecule has 20 valence electrons. The van der Waals surface area contributed by atoms with E-state index in [-0.39, 0.29) is 1.43 Å². The maximum atomic E-state index is 3.48. The van der Waals surface area contributed by atoms with Crippen LogP contribution < -0.4 is 0 Å². The van der Waals surface area contributed by atoms with Gasteiger partial charge in [-0.15, -0.1) is 0 Å². The third-order valence-corrected chi connectivity index (χ3v) is 0.289. The Labute approximate surface area is 37.6 Å². The summed E-state index contributed by atoms with van der Waals surface area (Å²) in [5, 5.41) is 1.08. The van der Waals surface area contributed by atoms with E-state index in [9.17, 15) is 0 Å². The molecule has 4 heavy (non-hydrogen) atoms. The quantitative estimate of drug-likeness (QED) is 0.307. The molecule has 0 nitrogen and oxygen atoms in total. The van der Waals surface area contributed by atoms with E-state index in [0.29, 0.717) is 0 Å². The summed E-state index contributed by atoms with van der Waals surface area (Å²) in [6, 6.07) is 0. The molecule has 0 aliphatic rings. The van der Waals surface area contributed by atoms with Crippen molar-refractivity contribution in [1.29, 1.82) is 0 Å². The van der Waals surface area contributed by atoms with E-state index in [1.165, 1.54) is 0 Å². The van der Waals surface area contributed by atoms with E-state index in [4.69, 9.17) is 0 Å². The molecule has 0 heterocycles. The number of hydrogen-bond acceptors (Lipinski definition) is 0. The molecule has 0 aromatic rings. The molecule has 0 spiro atoms. The third-order valence-electron chi connectivity index (χ3n) is 0.289. The Kier molecular flexibility index (Phi) is 3.62. The molecule has 0 rings (SSSR count). The van der Waals surface area contributed by atoms with Crippen molar-refractivity contribution in [3.63, 3.8) is 0 Å². The Morgan fingerprint density at radius 3 is 2.50 bits per heavy atom. The average Bonchev–Trinajstić information content (AvgIpc) is 1.37. The number of rotatable bonds is 1. The molecule has 0 unspecified atom stereocenters. The van der Waals surface area contributed by atoms with Gasteiger partial charge in [-0.2, -0.15) is 0 Å². The Bertz CT molecular complexity index is 20.9. The first-order valence-corrected chi connectivity index (χ1v) is 1.52. The van der Waals surface area contributed by atoms with Crippen molar-refractivity contribution in [2.45, 2.75) is 5.09 Å². The SMILES string of the molecule is [HH].[Li][CH2]C=C. The molecule has 0 saturated carbocycles. The summed E-state index contributed by atoms with van der Waals surface area (Å²) in [5.41, 5.74) is 0. The van der Waals surface area contributed by atoms with Gasteiger partial charge in [-0.05, 0) is 0 Å². The fraction of sp³-hybridized carbons (Fsp3) is 0.333. The van der Waals surface area contributed by atoms with Crippen LogP contribution in [-0.4, -0.2) is 17.7 Å². The van der Waals surface area contributed by atoms with Crippen LogP contribution >= 0.6 is 0 Å². The zero-order valence-electron chi connectivity index (χ0n) is 2.99. The predicted octanol–water partition coefficient (Wildman–Crippen LogP) is 1.01. The monoisotopic (exact) mass is 50.1 g/mol. The molecule has 0 aliphatic heterocycles. The summed E-state index contributed by atoms with van der Waals surface area (Å²) in [4.78, 5) is 0. The van der Waals surface area contributed by atoms with Gasteiger partial charge < -0.3 is 0 Å². The van der Waals surface area contributed by atoms with E-state index in [2.05, 4.69) is 24.3 Å². The minimum atomic E-state index is 0. The third kappa shape index (κ3) is 2.34. The summed E-state index contributed by atoms with van der Waals surface area (Å²) in [6.07, 6.45) is 1.88. The molecule has 0 N–H and O–H groups in total. The predicted molar refractivity (Wildman–Crippen MR) is 22.9 cm³/mol. The molecule has 0 radical (unpaired) electrons. The Morgan fingerprint density at radius 2 is 2.50 bits per heavy atom. The summed E-state index contributed by atoms with van der Waals surface area (Å²) in [6.45, 7) is 3.48. The second-order valence-electron chi connectivity index (χ2n) is 0.697. The van der Waals surface area contributed by atoms with Crippen molar-refractivity contribution in [2.24, 2.45) is 0 Å². The van der Waals surface area contributed by atoms with Crippen LogP contribution in [0.4, 0.5) is 0 Å². The van der Waals surface area contributed by atoms with Gasteiger partial charge in [0.15, 0.2) is 0 Å². The first-order valence-electron chi connectivity index (χ1n) is 1.52. The van der Waals surface area contributed by atoms with Gasteiger partial charge in [0, 0.05) is 1.43 Å². The molecular formula is C3H7Li. The molecule has 1 heteroatoms. The van der Waals surface area contributed by atoms with E-state index in [0.717, 1.165) is 5.09 Å². The zero-order chi connectivity index (χ0) is 3.41. The molecule has 0 fully saturated rings. The summed E-state index contributed by atoms with van der Waals surface area (Å²) in [5.74, 6) is 0. The Balaban J connectivity index is 0. The second-order valence-corrected chi connectivity index (χ2v) is 0.697. The van der Waals surface area contributed by atoms with E-state index < -0.39 is 0 Å². The van der Waals surface area contributed by atoms with Gasteiger partial charge >= 0.3 is 35.5 Å². The molecule has 0 aromatic carbocycles. The van der Waals surface area contributed by atoms with Crippen molar-refractivity contribution in [3.05, 3.63) is 12.7 Å². The molecular weight excluding hydrogens is 43.0 g/mol. The summed E-state index contributed by atoms with van der Waals surface area (Å²) >= 11 is 2.06. The Hall–Kier alpha value is 0.337. The Morgan fingerprint density at radius 1 is 2.25 bits per heavy atom. The van der Waals surface area contributed by atoms with E-state index >= 15 is 0 Å². The fourth-order valence-electron chi connectivity index (χ4n) is 0. The van der Waals surface area contributed by atoms with Gasteiger partial charge in [0.2, 0.25) is 0 Å². The summed E-state index contributed by atoms with van der Waals surface area (Å²) < 4.78 is 0. The summed E-state index contributed by atoms with van der Waals surface area (Å²) in [7, 11) is 0. The van der Waals surface area contributed by atoms with Gasteiger partial charge in [-0.3, -0.25) is 0 Å². The van der Waals surface area contributed by atoms with Crippen molar-refractivity contribution >= 4 is 17.7 Å². The molecule has 0 bridgehead atoms. The van der Waals surface area contributed by atoms with E-state index in [1.54, 1.807) is 0 Å². The minimum absolute atomic E-state index is 0. The second kappa shape index (κ2) is 3.34. The van der Waals surface area contributed by atoms with E-state index in [1.807, 2.05) is 6.08 Å². The van der Waals surface area contributed by atoms with Crippen LogP contribution in [0.1, 0.15) is 1.43 Å². The molecule has 0 amide bonds. The van der Waals surface area contributed by atoms with Gasteiger partial charge in [0.25, 0.3) is 0 Å². The zero-order valence-corrected chi connectivity index (χ0v) is 2.99. The van der Waals surface area contributed by atoms with Crippen molar-refractivity contribution < 1.29 is 1.43 Å². The van der Waals surface area contributed by atoms with Crippen molar-refractivity contribution in [3.8, 4) is 0 Å². The van der Waals surface area contributed by atoms with Crippen LogP contribution in [0.3, 0.4) is 0 Å². The van der Waals surface area contributed by atoms with Crippen molar-refractivity contribution in [2.75, 3.05) is 0 Å². The van der Waals surface area contributed by atoms with Gasteiger partial charge in [-0.1, -0.05) is 0 Å². The number of allylic oxidation sites excluding steroid dienone is 1. The fourth-order valence-corrected chi connectivity index (χ4v) is 0. The average molecular weight is 50.0 g/mol. The normalized spacial score (nSPS) is 6.50. The first-order chi connectivity index (χ1) is 1.91. The van der Waals surface area contributed by atoms with Crippen LogP contribution in [0.2, 0.25) is 5.09 Å². The van der Waals surface area contributed by atoms with Gasteiger partial charge in [0.05, 0.1) is 0 Å². The number of hydrogen-bond donors (Lipinski definition) is 0. The topological polar surface area (TPSA) is 0 Å². The van der Waals surface area contributed by atoms with Gasteiger partial charge in [-0.25, -0.2) is 0 Å². The molecule has 0 atom stereocenters. The standard InChI is InChI=1S/C3H5.Li.H2/c1-3-2;;/h3H,1-2H2;;1H. The van der Waals surface area contributed by atoms with Crippen LogP contribution in [0.25, 0.3) is 0 Å². The first kappa shape index (κ1) is 4.34. The molecule has 0 saturated heterocycles. The molecule has 0 aromatic heterocycles. The van der Waals surface area contributed by atoms with Gasteiger partial charge in [0.1, 0.15) is 0 Å². The van der Waals surface area contributed by atoms with Crippen LogP contribution in [-0.2, 0) is 0 Å². The maximum absolute atomic E-state index is 3.48. The van der Waals surface area contributed by atoms with Crippen molar-refractivity contribution in [1.82, 2.24) is 0 Å². The molecule has 0 aliphatic carbocycles. The van der Waals surface area contributed by atoms with Crippen LogP contribution in [0.5, 0.6) is 0 Å². The van der Waals surface area contributed by atoms with Crippen LogP contribution in [0.15, 0.2) is 12.7 Å².